The number of carbonyl (C=O) groups excluding carboxylic acids is 2. The van der Waals surface area contributed by atoms with Crippen LogP contribution in [0, 0.1) is 23.7 Å². The molecule has 2 rings (SSSR count). The van der Waals surface area contributed by atoms with E-state index in [0.717, 1.165) is 5.56 Å². The highest BCUT2D eigenvalue weighted by atomic mass is 16.5. The molecule has 132 valence electrons. The predicted molar refractivity (Wildman–Crippen MR) is 91.8 cm³/mol. The predicted octanol–water partition coefficient (Wildman–Crippen LogP) is 0.667. The highest BCUT2D eigenvalue weighted by Gasteiger charge is 2.25. The van der Waals surface area contributed by atoms with E-state index >= 15 is 0 Å². The molecule has 1 aromatic heterocycles. The zero-order valence-electron chi connectivity index (χ0n) is 13.8. The second-order valence-electron chi connectivity index (χ2n) is 5.26. The lowest BCUT2D eigenvalue weighted by atomic mass is 10.1. The first-order chi connectivity index (χ1) is 12.5. The Kier molecular flexibility index (Phi) is 6.58. The van der Waals surface area contributed by atoms with Crippen molar-refractivity contribution in [3.05, 3.63) is 59.5 Å². The highest BCUT2D eigenvalue weighted by Crippen LogP contribution is 2.05. The van der Waals surface area contributed by atoms with E-state index in [0.29, 0.717) is 5.56 Å². The zero-order chi connectivity index (χ0) is 18.9. The van der Waals surface area contributed by atoms with Gasteiger partial charge >= 0.3 is 0 Å². The Labute approximate surface area is 150 Å². The van der Waals surface area contributed by atoms with Crippen molar-refractivity contribution in [3.63, 3.8) is 0 Å². The van der Waals surface area contributed by atoms with Gasteiger partial charge < -0.3 is 14.8 Å². The van der Waals surface area contributed by atoms with Crippen molar-refractivity contribution in [2.24, 2.45) is 0 Å². The summed E-state index contributed by atoms with van der Waals surface area (Å²) in [6, 6.07) is 6.76. The van der Waals surface area contributed by atoms with E-state index in [1.807, 2.05) is 0 Å². The van der Waals surface area contributed by atoms with E-state index < -0.39 is 24.0 Å². The number of hydrogen-bond donors (Lipinski definition) is 4. The highest BCUT2D eigenvalue weighted by molar-refractivity contribution is 5.97. The third kappa shape index (κ3) is 5.25. The van der Waals surface area contributed by atoms with Gasteiger partial charge in [-0.2, -0.15) is 0 Å². The van der Waals surface area contributed by atoms with E-state index in [1.54, 1.807) is 18.2 Å². The molecule has 0 bridgehead atoms. The lowest BCUT2D eigenvalue weighted by molar-refractivity contribution is -0.133. The molecular formula is C19H16N2O5. The molecule has 2 amide bonds. The van der Waals surface area contributed by atoms with Gasteiger partial charge in [0.2, 0.25) is 0 Å². The van der Waals surface area contributed by atoms with Gasteiger partial charge in [-0.1, -0.05) is 5.92 Å². The van der Waals surface area contributed by atoms with Crippen LogP contribution in [0.3, 0.4) is 0 Å². The quantitative estimate of drug-likeness (QED) is 0.367. The Balaban J connectivity index is 2.02. The van der Waals surface area contributed by atoms with Gasteiger partial charge in [0, 0.05) is 11.1 Å². The maximum Gasteiger partial charge on any atom is 0.268 e. The fraction of sp³-hybridized carbons (Fsp3) is 0.158. The van der Waals surface area contributed by atoms with Gasteiger partial charge in [0.25, 0.3) is 11.8 Å². The first kappa shape index (κ1) is 18.8. The minimum absolute atomic E-state index is 0.274. The molecule has 1 aromatic carbocycles. The average Bonchev–Trinajstić information content (AvgIpc) is 3.16. The number of carbonyl (C=O) groups is 2. The summed E-state index contributed by atoms with van der Waals surface area (Å²) in [6.07, 6.45) is 1.86. The van der Waals surface area contributed by atoms with Crippen molar-refractivity contribution in [1.82, 2.24) is 10.8 Å². The average molecular weight is 352 g/mol. The zero-order valence-corrected chi connectivity index (χ0v) is 13.8. The summed E-state index contributed by atoms with van der Waals surface area (Å²) in [5.74, 6) is 9.54. The normalized spacial score (nSPS) is 11.8. The summed E-state index contributed by atoms with van der Waals surface area (Å²) >= 11 is 0. The Morgan fingerprint density at radius 1 is 1.08 bits per heavy atom. The van der Waals surface area contributed by atoms with E-state index in [-0.39, 0.29) is 5.56 Å². The Hall–Kier alpha value is -3.52. The second kappa shape index (κ2) is 9.09. The lowest BCUT2D eigenvalue weighted by Crippen LogP contribution is -2.51. The Morgan fingerprint density at radius 3 is 2.27 bits per heavy atom. The maximum atomic E-state index is 12.1. The summed E-state index contributed by atoms with van der Waals surface area (Å²) < 4.78 is 4.89. The molecule has 0 saturated carbocycles. The molecule has 2 aromatic rings. The molecule has 1 heterocycles. The van der Waals surface area contributed by atoms with E-state index in [2.05, 4.69) is 29.0 Å². The second-order valence-corrected chi connectivity index (χ2v) is 5.26. The molecule has 4 N–H and O–H groups in total. The van der Waals surface area contributed by atoms with Crippen molar-refractivity contribution in [3.8, 4) is 23.7 Å². The van der Waals surface area contributed by atoms with Crippen molar-refractivity contribution in [2.75, 3.05) is 0 Å². The van der Waals surface area contributed by atoms with Crippen molar-refractivity contribution < 1.29 is 24.3 Å². The third-order valence-corrected chi connectivity index (χ3v) is 3.31. The van der Waals surface area contributed by atoms with E-state index in [9.17, 15) is 14.7 Å². The number of furan rings is 1. The summed E-state index contributed by atoms with van der Waals surface area (Å²) in [5.41, 5.74) is 3.06. The van der Waals surface area contributed by atoms with Crippen LogP contribution in [-0.2, 0) is 4.79 Å². The monoisotopic (exact) mass is 352 g/mol. The lowest BCUT2D eigenvalue weighted by Gasteiger charge is -2.19. The number of aliphatic hydroxyl groups excluding tert-OH is 1. The summed E-state index contributed by atoms with van der Waals surface area (Å²) in [6.45, 7) is 1.32. The van der Waals surface area contributed by atoms with Gasteiger partial charge in [0.15, 0.2) is 0 Å². The van der Waals surface area contributed by atoms with Gasteiger partial charge in [0.1, 0.15) is 12.3 Å². The molecule has 0 aliphatic heterocycles. The molecular weight excluding hydrogens is 336 g/mol. The van der Waals surface area contributed by atoms with Crippen LogP contribution in [0.2, 0.25) is 0 Å². The van der Waals surface area contributed by atoms with E-state index in [1.165, 1.54) is 37.1 Å². The number of hydrogen-bond acceptors (Lipinski definition) is 5. The number of aliphatic hydroxyl groups is 1. The standard InChI is InChI=1S/C19H16N2O5/c1-13(22)17(19(24)21-25)20-18(23)16-8-6-14(7-9-16)4-2-3-5-15-10-11-26-12-15/h6-13,17,22,25H,1H3,(H,20,23)(H,21,24)/t13-,17+/m1/s1. The minimum atomic E-state index is -1.27. The molecule has 0 fully saturated rings. The van der Waals surface area contributed by atoms with Crippen LogP contribution >= 0.6 is 0 Å². The van der Waals surface area contributed by atoms with Gasteiger partial charge in [-0.3, -0.25) is 14.8 Å². The number of rotatable bonds is 4. The largest absolute Gasteiger partial charge is 0.471 e. The first-order valence-electron chi connectivity index (χ1n) is 7.58. The minimum Gasteiger partial charge on any atom is -0.471 e. The molecule has 0 radical (unpaired) electrons. The third-order valence-electron chi connectivity index (χ3n) is 3.31. The number of amides is 2. The van der Waals surface area contributed by atoms with Crippen LogP contribution in [0.1, 0.15) is 28.4 Å². The molecule has 7 heteroatoms. The van der Waals surface area contributed by atoms with Crippen molar-refractivity contribution >= 4 is 11.8 Å². The van der Waals surface area contributed by atoms with Gasteiger partial charge in [0.05, 0.1) is 17.9 Å². The van der Waals surface area contributed by atoms with Crippen LogP contribution in [0.15, 0.2) is 47.3 Å². The number of nitrogens with one attached hydrogen (secondary N) is 2. The fourth-order valence-electron chi connectivity index (χ4n) is 1.95. The molecule has 0 aliphatic carbocycles. The molecule has 0 unspecified atom stereocenters. The first-order valence-corrected chi connectivity index (χ1v) is 7.58. The molecule has 0 saturated heterocycles. The molecule has 0 spiro atoms. The van der Waals surface area contributed by atoms with Crippen LogP contribution in [0.25, 0.3) is 0 Å². The van der Waals surface area contributed by atoms with Crippen molar-refractivity contribution in [1.29, 1.82) is 0 Å². The summed E-state index contributed by atoms with van der Waals surface area (Å²) in [7, 11) is 0. The topological polar surface area (TPSA) is 112 Å². The van der Waals surface area contributed by atoms with Gasteiger partial charge in [-0.15, -0.1) is 0 Å². The van der Waals surface area contributed by atoms with Gasteiger partial charge in [-0.25, -0.2) is 5.48 Å². The van der Waals surface area contributed by atoms with Crippen LogP contribution in [-0.4, -0.2) is 34.3 Å². The SMILES string of the molecule is C[C@@H](O)[C@H](NC(=O)c1ccc(C#CC#Cc2ccoc2)cc1)C(=O)NO. The maximum absolute atomic E-state index is 12.1. The summed E-state index contributed by atoms with van der Waals surface area (Å²) in [4.78, 5) is 23.6. The molecule has 7 nitrogen and oxygen atoms in total. The van der Waals surface area contributed by atoms with Crippen LogP contribution in [0.4, 0.5) is 0 Å². The summed E-state index contributed by atoms with van der Waals surface area (Å²) in [5, 5.41) is 20.5. The van der Waals surface area contributed by atoms with Gasteiger partial charge in [-0.05, 0) is 55.0 Å². The number of benzene rings is 1. The molecule has 26 heavy (non-hydrogen) atoms. The Bertz CT molecular complexity index is 878. The Morgan fingerprint density at radius 2 is 1.73 bits per heavy atom. The smallest absolute Gasteiger partial charge is 0.268 e. The fourth-order valence-corrected chi connectivity index (χ4v) is 1.95. The van der Waals surface area contributed by atoms with Crippen LogP contribution < -0.4 is 10.8 Å². The number of hydroxylamine groups is 1. The van der Waals surface area contributed by atoms with Crippen molar-refractivity contribution in [2.45, 2.75) is 19.1 Å². The molecule has 0 aliphatic rings. The van der Waals surface area contributed by atoms with Crippen LogP contribution in [0.5, 0.6) is 0 Å². The van der Waals surface area contributed by atoms with E-state index in [4.69, 9.17) is 9.62 Å². The molecule has 2 atom stereocenters.